The quantitative estimate of drug-likeness (QED) is 0.722. The van der Waals surface area contributed by atoms with Gasteiger partial charge in [-0.2, -0.15) is 0 Å². The van der Waals surface area contributed by atoms with Gasteiger partial charge >= 0.3 is 0 Å². The van der Waals surface area contributed by atoms with Gasteiger partial charge in [0.2, 0.25) is 0 Å². The minimum Gasteiger partial charge on any atom is -0.378 e. The average molecular weight is 412 g/mol. The van der Waals surface area contributed by atoms with Crippen LogP contribution in [0.15, 0.2) is 36.7 Å². The highest BCUT2D eigenvalue weighted by atomic mass is 16.5. The van der Waals surface area contributed by atoms with Crippen LogP contribution in [-0.2, 0) is 16.0 Å². The molecule has 2 unspecified atom stereocenters. The number of hydrogen-bond donors (Lipinski definition) is 2. The summed E-state index contributed by atoms with van der Waals surface area (Å²) >= 11 is 0. The van der Waals surface area contributed by atoms with Crippen molar-refractivity contribution in [1.29, 1.82) is 0 Å². The Morgan fingerprint density at radius 2 is 1.90 bits per heavy atom. The lowest BCUT2D eigenvalue weighted by molar-refractivity contribution is -0.0203. The molecule has 2 fully saturated rings. The normalized spacial score (nSPS) is 22.2. The van der Waals surface area contributed by atoms with E-state index in [1.807, 2.05) is 6.07 Å². The molecular formula is C23H33N5O2. The van der Waals surface area contributed by atoms with Gasteiger partial charge in [-0.15, -0.1) is 0 Å². The average Bonchev–Trinajstić information content (AvgIpc) is 2.79. The number of rotatable bonds is 7. The van der Waals surface area contributed by atoms with Gasteiger partial charge in [-0.05, 0) is 30.4 Å². The van der Waals surface area contributed by atoms with E-state index >= 15 is 0 Å². The van der Waals surface area contributed by atoms with Crippen LogP contribution in [0.4, 0.5) is 17.3 Å². The molecule has 162 valence electrons. The van der Waals surface area contributed by atoms with E-state index in [-0.39, 0.29) is 12.1 Å². The molecule has 0 spiro atoms. The van der Waals surface area contributed by atoms with E-state index in [0.717, 1.165) is 57.4 Å². The first kappa shape index (κ1) is 20.9. The Morgan fingerprint density at radius 3 is 2.73 bits per heavy atom. The summed E-state index contributed by atoms with van der Waals surface area (Å²) in [7, 11) is 0. The molecule has 1 aromatic carbocycles. The molecule has 7 heteroatoms. The molecule has 2 atom stereocenters. The van der Waals surface area contributed by atoms with E-state index in [1.54, 1.807) is 6.33 Å². The van der Waals surface area contributed by atoms with Crippen molar-refractivity contribution in [3.8, 4) is 0 Å². The van der Waals surface area contributed by atoms with Crippen LogP contribution in [0.1, 0.15) is 32.3 Å². The van der Waals surface area contributed by atoms with Gasteiger partial charge in [-0.3, -0.25) is 0 Å². The lowest BCUT2D eigenvalue weighted by atomic mass is 9.94. The summed E-state index contributed by atoms with van der Waals surface area (Å²) in [5.41, 5.74) is 2.52. The molecule has 7 nitrogen and oxygen atoms in total. The van der Waals surface area contributed by atoms with Gasteiger partial charge in [0.25, 0.3) is 0 Å². The molecule has 0 bridgehead atoms. The molecule has 3 heterocycles. The Balaban J connectivity index is 1.40. The highest BCUT2D eigenvalue weighted by Crippen LogP contribution is 2.25. The highest BCUT2D eigenvalue weighted by Gasteiger charge is 2.28. The fourth-order valence-corrected chi connectivity index (χ4v) is 4.30. The van der Waals surface area contributed by atoms with E-state index in [2.05, 4.69) is 63.6 Å². The SMILES string of the molecule is CC(C)C1OCCCC1Nc1cc(NCc2ccccc2N2CCOCC2)ncn1. The second-order valence-electron chi connectivity index (χ2n) is 8.34. The zero-order chi connectivity index (χ0) is 20.8. The first-order valence-corrected chi connectivity index (χ1v) is 11.1. The van der Waals surface area contributed by atoms with Crippen molar-refractivity contribution in [2.24, 2.45) is 5.92 Å². The Bertz CT molecular complexity index is 810. The third-order valence-electron chi connectivity index (χ3n) is 5.83. The maximum Gasteiger partial charge on any atom is 0.131 e. The number of anilines is 3. The third kappa shape index (κ3) is 5.21. The molecule has 2 N–H and O–H groups in total. The van der Waals surface area contributed by atoms with Crippen LogP contribution in [0.5, 0.6) is 0 Å². The van der Waals surface area contributed by atoms with Crippen LogP contribution in [0.2, 0.25) is 0 Å². The predicted octanol–water partition coefficient (Wildman–Crippen LogP) is 3.54. The minimum absolute atomic E-state index is 0.213. The second-order valence-corrected chi connectivity index (χ2v) is 8.34. The first-order valence-electron chi connectivity index (χ1n) is 11.1. The van der Waals surface area contributed by atoms with Gasteiger partial charge in [0.05, 0.1) is 25.4 Å². The number of para-hydroxylation sites is 1. The number of aromatic nitrogens is 2. The lowest BCUT2D eigenvalue weighted by Gasteiger charge is -2.35. The van der Waals surface area contributed by atoms with Crippen LogP contribution in [0.25, 0.3) is 0 Å². The van der Waals surface area contributed by atoms with Crippen LogP contribution < -0.4 is 15.5 Å². The highest BCUT2D eigenvalue weighted by molar-refractivity contribution is 5.56. The molecule has 1 aromatic heterocycles. The van der Waals surface area contributed by atoms with E-state index in [1.165, 1.54) is 11.3 Å². The number of morpholine rings is 1. The van der Waals surface area contributed by atoms with Crippen molar-refractivity contribution in [3.63, 3.8) is 0 Å². The largest absolute Gasteiger partial charge is 0.378 e. The third-order valence-corrected chi connectivity index (χ3v) is 5.83. The molecule has 2 aromatic rings. The molecule has 2 saturated heterocycles. The van der Waals surface area contributed by atoms with Gasteiger partial charge in [0.15, 0.2) is 0 Å². The molecule has 2 aliphatic rings. The molecule has 2 aliphatic heterocycles. The molecule has 0 radical (unpaired) electrons. The van der Waals surface area contributed by atoms with E-state index in [0.29, 0.717) is 12.5 Å². The van der Waals surface area contributed by atoms with Gasteiger partial charge < -0.3 is 25.0 Å². The monoisotopic (exact) mass is 411 g/mol. The van der Waals surface area contributed by atoms with Gasteiger partial charge in [0, 0.05) is 38.0 Å². The number of nitrogens with one attached hydrogen (secondary N) is 2. The van der Waals surface area contributed by atoms with Crippen molar-refractivity contribution in [2.45, 2.75) is 45.4 Å². The predicted molar refractivity (Wildman–Crippen MR) is 120 cm³/mol. The second kappa shape index (κ2) is 10.1. The van der Waals surface area contributed by atoms with Gasteiger partial charge in [-0.25, -0.2) is 9.97 Å². The molecule has 4 rings (SSSR count). The van der Waals surface area contributed by atoms with E-state index in [9.17, 15) is 0 Å². The maximum atomic E-state index is 6.00. The molecule has 30 heavy (non-hydrogen) atoms. The zero-order valence-electron chi connectivity index (χ0n) is 18.0. The minimum atomic E-state index is 0.213. The van der Waals surface area contributed by atoms with Crippen LogP contribution in [0.3, 0.4) is 0 Å². The Labute approximate surface area is 179 Å². The fourth-order valence-electron chi connectivity index (χ4n) is 4.30. The summed E-state index contributed by atoms with van der Waals surface area (Å²) in [6.45, 7) is 9.41. The number of hydrogen-bond acceptors (Lipinski definition) is 7. The molecule has 0 aliphatic carbocycles. The number of nitrogens with zero attached hydrogens (tertiary/aromatic N) is 3. The van der Waals surface area contributed by atoms with E-state index in [4.69, 9.17) is 9.47 Å². The van der Waals surface area contributed by atoms with Crippen molar-refractivity contribution in [3.05, 3.63) is 42.2 Å². The smallest absolute Gasteiger partial charge is 0.131 e. The summed E-state index contributed by atoms with van der Waals surface area (Å²) in [4.78, 5) is 11.2. The Kier molecular flexibility index (Phi) is 7.02. The van der Waals surface area contributed by atoms with Crippen molar-refractivity contribution in [2.75, 3.05) is 48.4 Å². The number of ether oxygens (including phenoxy) is 2. The first-order chi connectivity index (χ1) is 14.7. The standard InChI is InChI=1S/C23H33N5O2/c1-17(2)23-19(7-5-11-30-23)27-22-14-21(25-16-26-22)24-15-18-6-3-4-8-20(18)28-9-12-29-13-10-28/h3-4,6,8,14,16-17,19,23H,5,7,9-13,15H2,1-2H3,(H2,24,25,26,27). The van der Waals surface area contributed by atoms with Crippen molar-refractivity contribution < 1.29 is 9.47 Å². The van der Waals surface area contributed by atoms with Crippen molar-refractivity contribution in [1.82, 2.24) is 9.97 Å². The fraction of sp³-hybridized carbons (Fsp3) is 0.565. The molecule has 0 saturated carbocycles. The topological polar surface area (TPSA) is 71.5 Å². The summed E-state index contributed by atoms with van der Waals surface area (Å²) in [6, 6.07) is 10.8. The number of benzene rings is 1. The van der Waals surface area contributed by atoms with Crippen LogP contribution >= 0.6 is 0 Å². The maximum absolute atomic E-state index is 6.00. The molecule has 0 amide bonds. The molecular weight excluding hydrogens is 378 g/mol. The summed E-state index contributed by atoms with van der Waals surface area (Å²) in [6.07, 6.45) is 4.01. The van der Waals surface area contributed by atoms with Crippen LogP contribution in [-0.4, -0.2) is 55.0 Å². The lowest BCUT2D eigenvalue weighted by Crippen LogP contribution is -2.43. The van der Waals surface area contributed by atoms with Crippen molar-refractivity contribution >= 4 is 17.3 Å². The van der Waals surface area contributed by atoms with E-state index < -0.39 is 0 Å². The van der Waals surface area contributed by atoms with Gasteiger partial charge in [0.1, 0.15) is 18.0 Å². The summed E-state index contributed by atoms with van der Waals surface area (Å²) < 4.78 is 11.5. The summed E-state index contributed by atoms with van der Waals surface area (Å²) in [5.74, 6) is 2.14. The van der Waals surface area contributed by atoms with Gasteiger partial charge in [-0.1, -0.05) is 32.0 Å². The summed E-state index contributed by atoms with van der Waals surface area (Å²) in [5, 5.41) is 7.05. The Morgan fingerprint density at radius 1 is 1.10 bits per heavy atom. The Hall–Kier alpha value is -2.38. The van der Waals surface area contributed by atoms with Crippen LogP contribution in [0, 0.1) is 5.92 Å². The zero-order valence-corrected chi connectivity index (χ0v) is 18.0.